The highest BCUT2D eigenvalue weighted by Gasteiger charge is 2.15. The highest BCUT2D eigenvalue weighted by molar-refractivity contribution is 9.11. The molecule has 1 unspecified atom stereocenters. The van der Waals surface area contributed by atoms with Gasteiger partial charge < -0.3 is 5.32 Å². The second-order valence-electron chi connectivity index (χ2n) is 4.87. The van der Waals surface area contributed by atoms with Crippen LogP contribution in [0.2, 0.25) is 0 Å². The van der Waals surface area contributed by atoms with Gasteiger partial charge in [-0.15, -0.1) is 11.3 Å². The third-order valence-electron chi connectivity index (χ3n) is 3.49. The summed E-state index contributed by atoms with van der Waals surface area (Å²) in [6, 6.07) is 9.17. The molecule has 0 aliphatic heterocycles. The first-order chi connectivity index (χ1) is 9.11. The van der Waals surface area contributed by atoms with Crippen LogP contribution in [0.1, 0.15) is 35.2 Å². The van der Waals surface area contributed by atoms with E-state index in [-0.39, 0.29) is 0 Å². The van der Waals surface area contributed by atoms with Crippen LogP contribution >= 0.6 is 27.3 Å². The van der Waals surface area contributed by atoms with Crippen LogP contribution in [0.15, 0.2) is 33.4 Å². The van der Waals surface area contributed by atoms with Gasteiger partial charge in [0.25, 0.3) is 0 Å². The summed E-state index contributed by atoms with van der Waals surface area (Å²) in [5.74, 6) is 0. The van der Waals surface area contributed by atoms with Crippen LogP contribution in [0.3, 0.4) is 0 Å². The summed E-state index contributed by atoms with van der Waals surface area (Å²) in [5, 5.41) is 5.84. The number of nitrogens with one attached hydrogen (secondary N) is 1. The Morgan fingerprint density at radius 2 is 1.95 bits per heavy atom. The molecule has 0 aliphatic carbocycles. The van der Waals surface area contributed by atoms with Crippen molar-refractivity contribution in [3.63, 3.8) is 0 Å². The van der Waals surface area contributed by atoms with Crippen molar-refractivity contribution >= 4 is 27.3 Å². The molecule has 1 N–H and O–H groups in total. The van der Waals surface area contributed by atoms with Gasteiger partial charge in [-0.1, -0.05) is 25.1 Å². The molecule has 1 atom stereocenters. The van der Waals surface area contributed by atoms with Crippen LogP contribution in [-0.4, -0.2) is 6.54 Å². The lowest BCUT2D eigenvalue weighted by Crippen LogP contribution is -2.23. The van der Waals surface area contributed by atoms with E-state index in [1.54, 1.807) is 11.3 Å². The van der Waals surface area contributed by atoms with E-state index in [0.29, 0.717) is 6.04 Å². The zero-order valence-electron chi connectivity index (χ0n) is 11.7. The molecule has 1 heterocycles. The van der Waals surface area contributed by atoms with Crippen LogP contribution in [-0.2, 0) is 6.42 Å². The van der Waals surface area contributed by atoms with Gasteiger partial charge in [0.05, 0.1) is 3.79 Å². The number of benzene rings is 1. The van der Waals surface area contributed by atoms with Crippen molar-refractivity contribution in [3.05, 3.63) is 55.7 Å². The van der Waals surface area contributed by atoms with Crippen LogP contribution in [0.25, 0.3) is 0 Å². The molecule has 1 nitrogen and oxygen atoms in total. The van der Waals surface area contributed by atoms with E-state index in [9.17, 15) is 0 Å². The Balaban J connectivity index is 2.26. The van der Waals surface area contributed by atoms with Gasteiger partial charge in [0.2, 0.25) is 0 Å². The molecule has 0 bridgehead atoms. The summed E-state index contributed by atoms with van der Waals surface area (Å²) in [5.41, 5.74) is 5.62. The van der Waals surface area contributed by atoms with E-state index in [1.165, 1.54) is 26.0 Å². The summed E-state index contributed by atoms with van der Waals surface area (Å²) >= 11 is 5.31. The number of hydrogen-bond donors (Lipinski definition) is 1. The lowest BCUT2D eigenvalue weighted by atomic mass is 9.94. The first kappa shape index (κ1) is 14.8. The van der Waals surface area contributed by atoms with Crippen LogP contribution in [0.4, 0.5) is 0 Å². The van der Waals surface area contributed by atoms with Crippen LogP contribution in [0, 0.1) is 13.8 Å². The van der Waals surface area contributed by atoms with Crippen molar-refractivity contribution in [1.29, 1.82) is 0 Å². The maximum Gasteiger partial charge on any atom is 0.0701 e. The summed E-state index contributed by atoms with van der Waals surface area (Å²) in [6.45, 7) is 7.56. The third kappa shape index (κ3) is 3.68. The fraction of sp³-hybridized carbons (Fsp3) is 0.375. The standard InChI is InChI=1S/C16H20BrNS/c1-4-18-15(13-8-16(17)19-10-13)9-14-11(2)6-5-7-12(14)3/h5-8,10,15,18H,4,9H2,1-3H3. The van der Waals surface area contributed by atoms with E-state index in [0.717, 1.165) is 13.0 Å². The predicted octanol–water partition coefficient (Wildman–Crippen LogP) is 5.02. The average Bonchev–Trinajstić information content (AvgIpc) is 2.79. The van der Waals surface area contributed by atoms with Gasteiger partial charge in [-0.3, -0.25) is 0 Å². The Hall–Kier alpha value is -0.640. The lowest BCUT2D eigenvalue weighted by molar-refractivity contribution is 0.549. The average molecular weight is 338 g/mol. The van der Waals surface area contributed by atoms with Gasteiger partial charge in [0.1, 0.15) is 0 Å². The lowest BCUT2D eigenvalue weighted by Gasteiger charge is -2.19. The predicted molar refractivity (Wildman–Crippen MR) is 88.1 cm³/mol. The van der Waals surface area contributed by atoms with Gasteiger partial charge in [-0.05, 0) is 76.4 Å². The Bertz CT molecular complexity index is 527. The van der Waals surface area contributed by atoms with Crippen molar-refractivity contribution in [3.8, 4) is 0 Å². The maximum absolute atomic E-state index is 3.60. The molecule has 0 spiro atoms. The Morgan fingerprint density at radius 3 is 2.47 bits per heavy atom. The van der Waals surface area contributed by atoms with E-state index in [1.807, 2.05) is 0 Å². The number of halogens is 1. The summed E-state index contributed by atoms with van der Waals surface area (Å²) < 4.78 is 1.20. The molecule has 0 aliphatic rings. The molecule has 19 heavy (non-hydrogen) atoms. The number of hydrogen-bond acceptors (Lipinski definition) is 2. The molecule has 0 saturated carbocycles. The highest BCUT2D eigenvalue weighted by Crippen LogP contribution is 2.29. The Kier molecular flexibility index (Phi) is 5.20. The number of aryl methyl sites for hydroxylation is 2. The minimum absolute atomic E-state index is 0.396. The highest BCUT2D eigenvalue weighted by atomic mass is 79.9. The van der Waals surface area contributed by atoms with Gasteiger partial charge >= 0.3 is 0 Å². The van der Waals surface area contributed by atoms with Crippen molar-refractivity contribution < 1.29 is 0 Å². The van der Waals surface area contributed by atoms with E-state index < -0.39 is 0 Å². The van der Waals surface area contributed by atoms with E-state index in [2.05, 4.69) is 71.7 Å². The second-order valence-corrected chi connectivity index (χ2v) is 7.16. The van der Waals surface area contributed by atoms with Crippen molar-refractivity contribution in [2.75, 3.05) is 6.54 Å². The first-order valence-corrected chi connectivity index (χ1v) is 8.31. The number of rotatable bonds is 5. The fourth-order valence-corrected chi connectivity index (χ4v) is 3.67. The Morgan fingerprint density at radius 1 is 1.26 bits per heavy atom. The monoisotopic (exact) mass is 337 g/mol. The fourth-order valence-electron chi connectivity index (χ4n) is 2.44. The first-order valence-electron chi connectivity index (χ1n) is 6.64. The SMILES string of the molecule is CCNC(Cc1c(C)cccc1C)c1csc(Br)c1. The molecule has 0 fully saturated rings. The summed E-state index contributed by atoms with van der Waals surface area (Å²) in [4.78, 5) is 0. The minimum atomic E-state index is 0.396. The largest absolute Gasteiger partial charge is 0.310 e. The smallest absolute Gasteiger partial charge is 0.0701 e. The minimum Gasteiger partial charge on any atom is -0.310 e. The quantitative estimate of drug-likeness (QED) is 0.807. The molecule has 2 aromatic rings. The summed E-state index contributed by atoms with van der Waals surface area (Å²) in [7, 11) is 0. The molecule has 102 valence electrons. The van der Waals surface area contributed by atoms with Crippen LogP contribution < -0.4 is 5.32 Å². The molecule has 0 saturated heterocycles. The normalized spacial score (nSPS) is 12.6. The molecule has 3 heteroatoms. The zero-order valence-corrected chi connectivity index (χ0v) is 14.1. The molecule has 1 aromatic carbocycles. The number of thiophene rings is 1. The van der Waals surface area contributed by atoms with Crippen LogP contribution in [0.5, 0.6) is 0 Å². The van der Waals surface area contributed by atoms with Crippen molar-refractivity contribution in [1.82, 2.24) is 5.32 Å². The second kappa shape index (κ2) is 6.69. The topological polar surface area (TPSA) is 12.0 Å². The van der Waals surface area contributed by atoms with E-state index in [4.69, 9.17) is 0 Å². The van der Waals surface area contributed by atoms with E-state index >= 15 is 0 Å². The van der Waals surface area contributed by atoms with Gasteiger partial charge in [-0.25, -0.2) is 0 Å². The van der Waals surface area contributed by atoms with Gasteiger partial charge in [0, 0.05) is 6.04 Å². The number of likely N-dealkylation sites (N-methyl/N-ethyl adjacent to an activating group) is 1. The molecule has 2 rings (SSSR count). The third-order valence-corrected chi connectivity index (χ3v) is 5.02. The molecular formula is C16H20BrNS. The maximum atomic E-state index is 3.60. The van der Waals surface area contributed by atoms with Crippen molar-refractivity contribution in [2.24, 2.45) is 0 Å². The van der Waals surface area contributed by atoms with Crippen molar-refractivity contribution in [2.45, 2.75) is 33.2 Å². The summed E-state index contributed by atoms with van der Waals surface area (Å²) in [6.07, 6.45) is 1.05. The molecule has 1 aromatic heterocycles. The van der Waals surface area contributed by atoms with Gasteiger partial charge in [-0.2, -0.15) is 0 Å². The molecule has 0 radical (unpaired) electrons. The van der Waals surface area contributed by atoms with Gasteiger partial charge in [0.15, 0.2) is 0 Å². The Labute approximate surface area is 128 Å². The molecular weight excluding hydrogens is 318 g/mol. The zero-order chi connectivity index (χ0) is 13.8. The molecule has 0 amide bonds.